The molecular weight excluding hydrogens is 220 g/mol. The minimum absolute atomic E-state index is 0.184. The topological polar surface area (TPSA) is 67.2 Å². The SMILES string of the molecule is CNCCCC(=O)N(C)C(=O)c1ccn(C)n1. The largest absolute Gasteiger partial charge is 0.320 e. The Hall–Kier alpha value is -1.69. The van der Waals surface area contributed by atoms with Gasteiger partial charge in [0, 0.05) is 26.7 Å². The predicted molar refractivity (Wildman–Crippen MR) is 63.5 cm³/mol. The van der Waals surface area contributed by atoms with Crippen LogP contribution in [0.2, 0.25) is 0 Å². The molecule has 1 heterocycles. The van der Waals surface area contributed by atoms with Crippen molar-refractivity contribution in [1.29, 1.82) is 0 Å². The molecule has 0 aliphatic heterocycles. The Kier molecular flexibility index (Phi) is 4.84. The summed E-state index contributed by atoms with van der Waals surface area (Å²) in [7, 11) is 5.04. The van der Waals surface area contributed by atoms with Crippen molar-refractivity contribution in [2.75, 3.05) is 20.6 Å². The monoisotopic (exact) mass is 238 g/mol. The lowest BCUT2D eigenvalue weighted by Crippen LogP contribution is -2.33. The summed E-state index contributed by atoms with van der Waals surface area (Å²) in [5, 5.41) is 6.93. The molecule has 0 bridgehead atoms. The third-order valence-electron chi connectivity index (χ3n) is 2.43. The number of aryl methyl sites for hydroxylation is 1. The quantitative estimate of drug-likeness (QED) is 0.734. The van der Waals surface area contributed by atoms with Gasteiger partial charge >= 0.3 is 0 Å². The molecular formula is C11H18N4O2. The molecule has 6 heteroatoms. The first-order valence-electron chi connectivity index (χ1n) is 5.51. The van der Waals surface area contributed by atoms with E-state index in [1.165, 1.54) is 11.7 Å². The zero-order valence-electron chi connectivity index (χ0n) is 10.4. The number of rotatable bonds is 5. The number of hydrogen-bond acceptors (Lipinski definition) is 4. The number of nitrogens with zero attached hydrogens (tertiary/aromatic N) is 3. The van der Waals surface area contributed by atoms with E-state index in [-0.39, 0.29) is 17.5 Å². The second-order valence-electron chi connectivity index (χ2n) is 3.84. The Morgan fingerprint density at radius 3 is 2.76 bits per heavy atom. The summed E-state index contributed by atoms with van der Waals surface area (Å²) in [4.78, 5) is 24.7. The van der Waals surface area contributed by atoms with Gasteiger partial charge in [-0.25, -0.2) is 0 Å². The Balaban J connectivity index is 2.54. The lowest BCUT2D eigenvalue weighted by Gasteiger charge is -2.13. The van der Waals surface area contributed by atoms with Crippen LogP contribution in [0.5, 0.6) is 0 Å². The van der Waals surface area contributed by atoms with Crippen LogP contribution in [0.3, 0.4) is 0 Å². The molecule has 2 amide bonds. The first kappa shape index (κ1) is 13.4. The van der Waals surface area contributed by atoms with E-state index in [2.05, 4.69) is 10.4 Å². The summed E-state index contributed by atoms with van der Waals surface area (Å²) in [6, 6.07) is 1.60. The molecule has 0 atom stereocenters. The molecule has 1 aromatic heterocycles. The van der Waals surface area contributed by atoms with Gasteiger partial charge in [-0.2, -0.15) is 5.10 Å². The summed E-state index contributed by atoms with van der Waals surface area (Å²) in [6.45, 7) is 0.761. The van der Waals surface area contributed by atoms with E-state index in [9.17, 15) is 9.59 Å². The maximum Gasteiger partial charge on any atom is 0.280 e. The van der Waals surface area contributed by atoms with Crippen LogP contribution in [0.4, 0.5) is 0 Å². The van der Waals surface area contributed by atoms with E-state index in [4.69, 9.17) is 0 Å². The number of carbonyl (C=O) groups is 2. The van der Waals surface area contributed by atoms with Crippen LogP contribution < -0.4 is 5.32 Å². The van der Waals surface area contributed by atoms with Gasteiger partial charge in [-0.3, -0.25) is 19.2 Å². The Morgan fingerprint density at radius 2 is 2.24 bits per heavy atom. The number of nitrogens with one attached hydrogen (secondary N) is 1. The average Bonchev–Trinajstić information content (AvgIpc) is 2.74. The number of amides is 2. The van der Waals surface area contributed by atoms with Crippen LogP contribution in [0.15, 0.2) is 12.3 Å². The maximum atomic E-state index is 11.8. The lowest BCUT2D eigenvalue weighted by atomic mass is 10.2. The summed E-state index contributed by atoms with van der Waals surface area (Å²) in [5.74, 6) is -0.545. The fourth-order valence-corrected chi connectivity index (χ4v) is 1.40. The number of imide groups is 1. The van der Waals surface area contributed by atoms with E-state index in [1.54, 1.807) is 19.3 Å². The second kappa shape index (κ2) is 6.15. The van der Waals surface area contributed by atoms with Gasteiger partial charge < -0.3 is 5.32 Å². The van der Waals surface area contributed by atoms with Gasteiger partial charge in [-0.1, -0.05) is 0 Å². The van der Waals surface area contributed by atoms with Gasteiger partial charge in [0.25, 0.3) is 5.91 Å². The number of carbonyl (C=O) groups excluding carboxylic acids is 2. The normalized spacial score (nSPS) is 10.3. The molecule has 1 aromatic rings. The van der Waals surface area contributed by atoms with E-state index < -0.39 is 0 Å². The highest BCUT2D eigenvalue weighted by molar-refractivity contribution is 6.03. The van der Waals surface area contributed by atoms with Crippen LogP contribution in [-0.4, -0.2) is 47.1 Å². The van der Waals surface area contributed by atoms with Gasteiger partial charge in [0.05, 0.1) is 0 Å². The van der Waals surface area contributed by atoms with Crippen molar-refractivity contribution in [3.63, 3.8) is 0 Å². The highest BCUT2D eigenvalue weighted by Gasteiger charge is 2.19. The van der Waals surface area contributed by atoms with Crippen LogP contribution >= 0.6 is 0 Å². The van der Waals surface area contributed by atoms with E-state index in [1.807, 2.05) is 7.05 Å². The first-order chi connectivity index (χ1) is 8.06. The second-order valence-corrected chi connectivity index (χ2v) is 3.84. The Bertz CT molecular complexity index is 400. The van der Waals surface area contributed by atoms with Crippen molar-refractivity contribution < 1.29 is 9.59 Å². The summed E-state index contributed by atoms with van der Waals surface area (Å²) in [6.07, 6.45) is 2.75. The fraction of sp³-hybridized carbons (Fsp3) is 0.545. The molecule has 0 aliphatic rings. The van der Waals surface area contributed by atoms with Crippen molar-refractivity contribution in [2.24, 2.45) is 7.05 Å². The van der Waals surface area contributed by atoms with Crippen LogP contribution in [0.1, 0.15) is 23.3 Å². The van der Waals surface area contributed by atoms with E-state index in [0.29, 0.717) is 6.42 Å². The van der Waals surface area contributed by atoms with Crippen molar-refractivity contribution in [3.8, 4) is 0 Å². The highest BCUT2D eigenvalue weighted by Crippen LogP contribution is 2.03. The Morgan fingerprint density at radius 1 is 1.53 bits per heavy atom. The molecule has 0 saturated carbocycles. The molecule has 94 valence electrons. The maximum absolute atomic E-state index is 11.8. The predicted octanol–water partition coefficient (Wildman–Crippen LogP) is 0.0183. The van der Waals surface area contributed by atoms with E-state index >= 15 is 0 Å². The average molecular weight is 238 g/mol. The van der Waals surface area contributed by atoms with Crippen LogP contribution in [0, 0.1) is 0 Å². The van der Waals surface area contributed by atoms with Gasteiger partial charge in [0.15, 0.2) is 5.69 Å². The molecule has 1 rings (SSSR count). The van der Waals surface area contributed by atoms with Gasteiger partial charge in [0.2, 0.25) is 5.91 Å². The summed E-state index contributed by atoms with van der Waals surface area (Å²) in [5.41, 5.74) is 0.289. The highest BCUT2D eigenvalue weighted by atomic mass is 16.2. The summed E-state index contributed by atoms with van der Waals surface area (Å²) < 4.78 is 1.53. The first-order valence-corrected chi connectivity index (χ1v) is 5.51. The van der Waals surface area contributed by atoms with Crippen molar-refractivity contribution in [1.82, 2.24) is 20.0 Å². The minimum atomic E-state index is -0.361. The van der Waals surface area contributed by atoms with Crippen LogP contribution in [0.25, 0.3) is 0 Å². The van der Waals surface area contributed by atoms with Crippen molar-refractivity contribution in [2.45, 2.75) is 12.8 Å². The zero-order valence-corrected chi connectivity index (χ0v) is 10.4. The Labute approximate surface area is 101 Å². The molecule has 0 aliphatic carbocycles. The smallest absolute Gasteiger partial charge is 0.280 e. The molecule has 0 spiro atoms. The van der Waals surface area contributed by atoms with E-state index in [0.717, 1.165) is 17.9 Å². The zero-order chi connectivity index (χ0) is 12.8. The van der Waals surface area contributed by atoms with Gasteiger partial charge in [0.1, 0.15) is 0 Å². The molecule has 0 saturated heterocycles. The molecule has 0 unspecified atom stereocenters. The fourth-order valence-electron chi connectivity index (χ4n) is 1.40. The van der Waals surface area contributed by atoms with Gasteiger partial charge in [-0.05, 0) is 26.1 Å². The standard InChI is InChI=1S/C11H18N4O2/c1-12-7-4-5-10(16)15(3)11(17)9-6-8-14(2)13-9/h6,8,12H,4-5,7H2,1-3H3. The molecule has 0 radical (unpaired) electrons. The molecule has 17 heavy (non-hydrogen) atoms. The third-order valence-corrected chi connectivity index (χ3v) is 2.43. The number of hydrogen-bond donors (Lipinski definition) is 1. The van der Waals surface area contributed by atoms with Crippen molar-refractivity contribution >= 4 is 11.8 Å². The third kappa shape index (κ3) is 3.67. The molecule has 0 fully saturated rings. The number of aromatic nitrogens is 2. The lowest BCUT2D eigenvalue weighted by molar-refractivity contribution is -0.127. The molecule has 1 N–H and O–H groups in total. The minimum Gasteiger partial charge on any atom is -0.320 e. The van der Waals surface area contributed by atoms with Gasteiger partial charge in [-0.15, -0.1) is 0 Å². The molecule has 0 aromatic carbocycles. The van der Waals surface area contributed by atoms with Crippen LogP contribution in [-0.2, 0) is 11.8 Å². The molecule has 6 nitrogen and oxygen atoms in total. The van der Waals surface area contributed by atoms with Crippen molar-refractivity contribution in [3.05, 3.63) is 18.0 Å². The summed E-state index contributed by atoms with van der Waals surface area (Å²) >= 11 is 0.